The molecule has 1 aromatic carbocycles. The highest BCUT2D eigenvalue weighted by atomic mass is 32.2. The number of aliphatic hydroxyl groups is 1. The highest BCUT2D eigenvalue weighted by Gasteiger charge is 2.56. The summed E-state index contributed by atoms with van der Waals surface area (Å²) in [6.07, 6.45) is 5.49. The van der Waals surface area contributed by atoms with Gasteiger partial charge in [0.2, 0.25) is 10.0 Å². The van der Waals surface area contributed by atoms with Crippen LogP contribution in [-0.4, -0.2) is 83.2 Å². The van der Waals surface area contributed by atoms with Crippen molar-refractivity contribution in [3.05, 3.63) is 53.7 Å². The van der Waals surface area contributed by atoms with Gasteiger partial charge in [0.25, 0.3) is 5.91 Å². The number of aliphatic hydroxyl groups excluding tert-OH is 1. The number of fused-ring (bicyclic) bond motifs is 4. The van der Waals surface area contributed by atoms with Crippen LogP contribution in [0.4, 0.5) is 0 Å². The first-order chi connectivity index (χ1) is 15.3. The van der Waals surface area contributed by atoms with Gasteiger partial charge < -0.3 is 19.7 Å². The van der Waals surface area contributed by atoms with Crippen molar-refractivity contribution in [2.45, 2.75) is 11.5 Å². The number of ether oxygens (including phenoxy) is 1. The number of amides is 1. The SMILES string of the molecule is COc1ccc2c3c([nH]c2c1)[C@@H](CO)N(C(=O)c1cnccn1)CC31CN(S(C)(=O)=O)C1. The Balaban J connectivity index is 1.67. The Bertz CT molecular complexity index is 1300. The maximum Gasteiger partial charge on any atom is 0.274 e. The first kappa shape index (κ1) is 20.9. The van der Waals surface area contributed by atoms with Crippen molar-refractivity contribution >= 4 is 26.8 Å². The molecule has 3 aromatic rings. The fourth-order valence-electron chi connectivity index (χ4n) is 4.90. The van der Waals surface area contributed by atoms with Crippen LogP contribution in [0.1, 0.15) is 27.8 Å². The molecule has 2 aromatic heterocycles. The summed E-state index contributed by atoms with van der Waals surface area (Å²) >= 11 is 0. The second-order valence-electron chi connectivity index (χ2n) is 8.36. The van der Waals surface area contributed by atoms with Crippen LogP contribution in [0.5, 0.6) is 5.75 Å². The standard InChI is InChI=1S/C21H23N5O5S/c1-31-13-3-4-14-15(7-13)24-19-17(9-27)26(20(28)16-8-22-5-6-23-16)12-21(18(14)19)10-25(11-21)32(2,29)30/h3-8,17,24,27H,9-12H2,1-2H3/t17-/m1/s1. The van der Waals surface area contributed by atoms with Gasteiger partial charge in [-0.05, 0) is 17.7 Å². The van der Waals surface area contributed by atoms with Crippen molar-refractivity contribution in [2.24, 2.45) is 0 Å². The molecule has 10 nitrogen and oxygen atoms in total. The second kappa shape index (κ2) is 7.26. The van der Waals surface area contributed by atoms with E-state index in [9.17, 15) is 18.3 Å². The Morgan fingerprint density at radius 3 is 2.72 bits per heavy atom. The van der Waals surface area contributed by atoms with E-state index in [-0.39, 0.29) is 37.8 Å². The first-order valence-corrected chi connectivity index (χ1v) is 12.0. The zero-order valence-electron chi connectivity index (χ0n) is 17.6. The van der Waals surface area contributed by atoms with Crippen LogP contribution in [0.3, 0.4) is 0 Å². The molecular weight excluding hydrogens is 434 g/mol. The first-order valence-electron chi connectivity index (χ1n) is 10.1. The smallest absolute Gasteiger partial charge is 0.274 e. The third-order valence-electron chi connectivity index (χ3n) is 6.39. The number of sulfonamides is 1. The van der Waals surface area contributed by atoms with E-state index in [0.29, 0.717) is 11.4 Å². The predicted molar refractivity (Wildman–Crippen MR) is 116 cm³/mol. The average Bonchev–Trinajstić information content (AvgIpc) is 3.14. The van der Waals surface area contributed by atoms with Crippen molar-refractivity contribution in [1.29, 1.82) is 0 Å². The Labute approximate surface area is 184 Å². The van der Waals surface area contributed by atoms with E-state index >= 15 is 0 Å². The Morgan fingerprint density at radius 1 is 1.31 bits per heavy atom. The number of aromatic nitrogens is 3. The third-order valence-corrected chi connectivity index (χ3v) is 7.59. The summed E-state index contributed by atoms with van der Waals surface area (Å²) in [6.45, 7) is 0.459. The highest BCUT2D eigenvalue weighted by molar-refractivity contribution is 7.88. The summed E-state index contributed by atoms with van der Waals surface area (Å²) < 4.78 is 31.1. The Kier molecular flexibility index (Phi) is 4.73. The molecule has 5 rings (SSSR count). The van der Waals surface area contributed by atoms with Crippen molar-refractivity contribution in [2.75, 3.05) is 39.6 Å². The van der Waals surface area contributed by atoms with E-state index in [1.807, 2.05) is 18.2 Å². The third kappa shape index (κ3) is 3.07. The van der Waals surface area contributed by atoms with Crippen LogP contribution >= 0.6 is 0 Å². The number of benzene rings is 1. The minimum absolute atomic E-state index is 0.168. The van der Waals surface area contributed by atoms with Gasteiger partial charge in [0.1, 0.15) is 11.4 Å². The van der Waals surface area contributed by atoms with Gasteiger partial charge in [-0.1, -0.05) is 0 Å². The number of nitrogens with zero attached hydrogens (tertiary/aromatic N) is 4. The monoisotopic (exact) mass is 457 g/mol. The number of rotatable bonds is 4. The lowest BCUT2D eigenvalue weighted by Gasteiger charge is -2.55. The summed E-state index contributed by atoms with van der Waals surface area (Å²) in [6, 6.07) is 5.01. The summed E-state index contributed by atoms with van der Waals surface area (Å²) in [4.78, 5) is 26.4. The maximum absolute atomic E-state index is 13.3. The van der Waals surface area contributed by atoms with Gasteiger partial charge in [-0.2, -0.15) is 0 Å². The van der Waals surface area contributed by atoms with Crippen molar-refractivity contribution in [3.63, 3.8) is 0 Å². The minimum atomic E-state index is -3.37. The molecule has 11 heteroatoms. The van der Waals surface area contributed by atoms with Crippen LogP contribution in [0.15, 0.2) is 36.8 Å². The van der Waals surface area contributed by atoms with E-state index in [0.717, 1.165) is 16.5 Å². The fraction of sp³-hybridized carbons (Fsp3) is 0.381. The molecule has 32 heavy (non-hydrogen) atoms. The van der Waals surface area contributed by atoms with Gasteiger partial charge >= 0.3 is 0 Å². The molecule has 1 fully saturated rings. The molecule has 2 N–H and O–H groups in total. The predicted octanol–water partition coefficient (Wildman–Crippen LogP) is 0.669. The molecule has 0 radical (unpaired) electrons. The van der Waals surface area contributed by atoms with Gasteiger partial charge in [-0.15, -0.1) is 0 Å². The van der Waals surface area contributed by atoms with E-state index in [1.165, 1.54) is 29.2 Å². The number of carbonyl (C=O) groups is 1. The molecule has 0 saturated carbocycles. The molecule has 1 saturated heterocycles. The molecule has 1 amide bonds. The van der Waals surface area contributed by atoms with Crippen LogP contribution in [0.2, 0.25) is 0 Å². The molecule has 0 bridgehead atoms. The van der Waals surface area contributed by atoms with E-state index < -0.39 is 21.5 Å². The summed E-state index contributed by atoms with van der Waals surface area (Å²) in [5.41, 5.74) is 2.01. The fourth-order valence-corrected chi connectivity index (χ4v) is 5.86. The number of carbonyl (C=O) groups excluding carboxylic acids is 1. The Morgan fingerprint density at radius 2 is 2.09 bits per heavy atom. The summed E-state index contributed by atoms with van der Waals surface area (Å²) in [5, 5.41) is 11.2. The molecule has 168 valence electrons. The molecular formula is C21H23N5O5S. The van der Waals surface area contributed by atoms with Gasteiger partial charge in [0.05, 0.1) is 32.2 Å². The number of methoxy groups -OCH3 is 1. The van der Waals surface area contributed by atoms with E-state index in [2.05, 4.69) is 15.0 Å². The van der Waals surface area contributed by atoms with Crippen LogP contribution in [0.25, 0.3) is 10.9 Å². The second-order valence-corrected chi connectivity index (χ2v) is 10.3. The quantitative estimate of drug-likeness (QED) is 0.589. The number of nitrogens with one attached hydrogen (secondary N) is 1. The average molecular weight is 458 g/mol. The molecule has 2 aliphatic heterocycles. The largest absolute Gasteiger partial charge is 0.497 e. The van der Waals surface area contributed by atoms with Crippen LogP contribution in [-0.2, 0) is 15.4 Å². The van der Waals surface area contributed by atoms with Gasteiger partial charge in [-0.25, -0.2) is 17.7 Å². The van der Waals surface area contributed by atoms with Gasteiger partial charge in [-0.3, -0.25) is 9.78 Å². The number of hydrogen-bond acceptors (Lipinski definition) is 7. The molecule has 2 aliphatic rings. The normalized spacial score (nSPS) is 20.2. The van der Waals surface area contributed by atoms with Crippen molar-refractivity contribution in [1.82, 2.24) is 24.2 Å². The lowest BCUT2D eigenvalue weighted by Crippen LogP contribution is -2.67. The zero-order chi connectivity index (χ0) is 22.7. The maximum atomic E-state index is 13.3. The molecule has 0 aliphatic carbocycles. The zero-order valence-corrected chi connectivity index (χ0v) is 18.5. The molecule has 0 unspecified atom stereocenters. The number of aromatic amines is 1. The molecule has 1 spiro atoms. The number of H-pyrrole nitrogens is 1. The van der Waals surface area contributed by atoms with Gasteiger partial charge in [0, 0.05) is 60.1 Å². The lowest BCUT2D eigenvalue weighted by molar-refractivity contribution is 0.0244. The topological polar surface area (TPSA) is 129 Å². The van der Waals surface area contributed by atoms with Crippen molar-refractivity contribution < 1.29 is 23.1 Å². The molecule has 1 atom stereocenters. The van der Waals surface area contributed by atoms with Crippen molar-refractivity contribution in [3.8, 4) is 5.75 Å². The van der Waals surface area contributed by atoms with E-state index in [1.54, 1.807) is 12.0 Å². The van der Waals surface area contributed by atoms with Crippen LogP contribution in [0, 0.1) is 0 Å². The highest BCUT2D eigenvalue weighted by Crippen LogP contribution is 2.49. The number of hydrogen-bond donors (Lipinski definition) is 2. The summed E-state index contributed by atoms with van der Waals surface area (Å²) in [7, 11) is -1.79. The lowest BCUT2D eigenvalue weighted by atomic mass is 9.70. The minimum Gasteiger partial charge on any atom is -0.497 e. The van der Waals surface area contributed by atoms with E-state index in [4.69, 9.17) is 4.74 Å². The summed E-state index contributed by atoms with van der Waals surface area (Å²) in [5.74, 6) is 0.306. The van der Waals surface area contributed by atoms with Gasteiger partial charge in [0.15, 0.2) is 0 Å². The Hall–Kier alpha value is -3.02. The van der Waals surface area contributed by atoms with Crippen LogP contribution < -0.4 is 4.74 Å². The molecule has 4 heterocycles.